The van der Waals surface area contributed by atoms with Crippen LogP contribution >= 0.6 is 0 Å². The maximum Gasteiger partial charge on any atom is 0.410 e. The number of hydrogen-bond donors (Lipinski definition) is 1. The predicted octanol–water partition coefficient (Wildman–Crippen LogP) is 0.759. The molecule has 0 radical (unpaired) electrons. The second-order valence-corrected chi connectivity index (χ2v) is 5.67. The lowest BCUT2D eigenvalue weighted by Gasteiger charge is -2.34. The maximum absolute atomic E-state index is 11.9. The molecule has 0 saturated carbocycles. The molecule has 0 aromatic rings. The number of piperazine rings is 1. The fourth-order valence-electron chi connectivity index (χ4n) is 2.48. The third-order valence-corrected chi connectivity index (χ3v) is 3.15. The van der Waals surface area contributed by atoms with Gasteiger partial charge in [-0.3, -0.25) is 0 Å². The van der Waals surface area contributed by atoms with Gasteiger partial charge in [-0.1, -0.05) is 0 Å². The lowest BCUT2D eigenvalue weighted by atomic mass is 10.2. The van der Waals surface area contributed by atoms with Crippen LogP contribution in [0.2, 0.25) is 0 Å². The van der Waals surface area contributed by atoms with Crippen molar-refractivity contribution in [2.24, 2.45) is 5.73 Å². The van der Waals surface area contributed by atoms with Gasteiger partial charge in [0.05, 0.1) is 12.1 Å². The lowest BCUT2D eigenvalue weighted by molar-refractivity contribution is 0.0155. The summed E-state index contributed by atoms with van der Waals surface area (Å²) in [5.74, 6) is 0. The molecule has 2 bridgehead atoms. The normalized spacial score (nSPS) is 27.5. The number of ether oxygens (including phenoxy) is 1. The quantitative estimate of drug-likeness (QED) is 0.680. The van der Waals surface area contributed by atoms with Crippen molar-refractivity contribution < 1.29 is 14.3 Å². The Hall–Kier alpha value is -1.46. The first-order chi connectivity index (χ1) is 7.78. The Morgan fingerprint density at radius 1 is 1.18 bits per heavy atom. The summed E-state index contributed by atoms with van der Waals surface area (Å²) in [7, 11) is 0. The first-order valence-electron chi connectivity index (χ1n) is 5.83. The molecule has 17 heavy (non-hydrogen) atoms. The minimum Gasteiger partial charge on any atom is -0.444 e. The lowest BCUT2D eigenvalue weighted by Crippen LogP contribution is -2.52. The number of carbonyl (C=O) groups is 2. The molecule has 6 nitrogen and oxygen atoms in total. The molecule has 2 heterocycles. The van der Waals surface area contributed by atoms with Crippen LogP contribution in [0.3, 0.4) is 0 Å². The topological polar surface area (TPSA) is 75.9 Å². The predicted molar refractivity (Wildman–Crippen MR) is 61.4 cm³/mol. The van der Waals surface area contributed by atoms with E-state index in [9.17, 15) is 9.59 Å². The summed E-state index contributed by atoms with van der Waals surface area (Å²) in [4.78, 5) is 26.3. The van der Waals surface area contributed by atoms with Crippen LogP contribution in [0.1, 0.15) is 27.2 Å². The molecule has 2 saturated heterocycles. The molecule has 2 aliphatic rings. The molecule has 2 aliphatic heterocycles. The van der Waals surface area contributed by atoms with Gasteiger partial charge in [-0.15, -0.1) is 0 Å². The number of fused-ring (bicyclic) bond motifs is 2. The molecular formula is C11H19N3O3. The van der Waals surface area contributed by atoms with Crippen molar-refractivity contribution in [1.29, 1.82) is 0 Å². The first kappa shape index (κ1) is 12.0. The van der Waals surface area contributed by atoms with Crippen LogP contribution in [0.5, 0.6) is 0 Å². The summed E-state index contributed by atoms with van der Waals surface area (Å²) >= 11 is 0. The van der Waals surface area contributed by atoms with Crippen molar-refractivity contribution in [3.63, 3.8) is 0 Å². The number of rotatable bonds is 0. The molecule has 0 spiro atoms. The molecule has 0 aromatic carbocycles. The van der Waals surface area contributed by atoms with E-state index in [-0.39, 0.29) is 18.2 Å². The second kappa shape index (κ2) is 3.78. The standard InChI is InChI=1S/C11H19N3O3/c1-11(2,3)17-10(16)14-6-7-4-8(14)5-13(7)9(12)15/h7-8H,4-6H2,1-3H3,(H2,12,15). The Kier molecular flexibility index (Phi) is 2.67. The molecule has 6 heteroatoms. The van der Waals surface area contributed by atoms with E-state index in [0.29, 0.717) is 13.1 Å². The minimum atomic E-state index is -0.484. The van der Waals surface area contributed by atoms with Crippen LogP contribution < -0.4 is 5.73 Å². The van der Waals surface area contributed by atoms with Gasteiger partial charge in [0.1, 0.15) is 5.60 Å². The van der Waals surface area contributed by atoms with Gasteiger partial charge in [0.25, 0.3) is 0 Å². The highest BCUT2D eigenvalue weighted by Crippen LogP contribution is 2.31. The fourth-order valence-corrected chi connectivity index (χ4v) is 2.48. The average molecular weight is 241 g/mol. The van der Waals surface area contributed by atoms with E-state index in [4.69, 9.17) is 10.5 Å². The van der Waals surface area contributed by atoms with Crippen molar-refractivity contribution in [2.75, 3.05) is 13.1 Å². The molecule has 2 unspecified atom stereocenters. The minimum absolute atomic E-state index is 0.0577. The molecule has 2 fully saturated rings. The van der Waals surface area contributed by atoms with Gasteiger partial charge >= 0.3 is 12.1 Å². The Bertz CT molecular complexity index is 350. The third-order valence-electron chi connectivity index (χ3n) is 3.15. The van der Waals surface area contributed by atoms with Crippen LogP contribution in [-0.4, -0.2) is 52.7 Å². The number of hydrogen-bond acceptors (Lipinski definition) is 3. The molecule has 3 amide bonds. The first-order valence-corrected chi connectivity index (χ1v) is 5.83. The third kappa shape index (κ3) is 2.30. The molecule has 2 atom stereocenters. The second-order valence-electron chi connectivity index (χ2n) is 5.67. The number of likely N-dealkylation sites (tertiary alicyclic amines) is 2. The van der Waals surface area contributed by atoms with Gasteiger partial charge in [0, 0.05) is 13.1 Å². The molecule has 2 N–H and O–H groups in total. The molecule has 0 aliphatic carbocycles. The van der Waals surface area contributed by atoms with Crippen molar-refractivity contribution in [1.82, 2.24) is 9.80 Å². The smallest absolute Gasteiger partial charge is 0.410 e. The zero-order chi connectivity index (χ0) is 12.8. The maximum atomic E-state index is 11.9. The molecule has 96 valence electrons. The zero-order valence-electron chi connectivity index (χ0n) is 10.5. The highest BCUT2D eigenvalue weighted by molar-refractivity contribution is 5.75. The van der Waals surface area contributed by atoms with Gasteiger partial charge in [0.15, 0.2) is 0 Å². The molecule has 0 aromatic heterocycles. The summed E-state index contributed by atoms with van der Waals surface area (Å²) in [5, 5.41) is 0. The molecular weight excluding hydrogens is 222 g/mol. The van der Waals surface area contributed by atoms with E-state index in [1.807, 2.05) is 20.8 Å². The Morgan fingerprint density at radius 2 is 1.71 bits per heavy atom. The summed E-state index contributed by atoms with van der Waals surface area (Å²) in [6, 6.07) is -0.284. The number of amides is 3. The van der Waals surface area contributed by atoms with Crippen LogP contribution in [0.4, 0.5) is 9.59 Å². The molecule has 2 rings (SSSR count). The van der Waals surface area contributed by atoms with Gasteiger partial charge in [-0.2, -0.15) is 0 Å². The summed E-state index contributed by atoms with van der Waals surface area (Å²) in [5.41, 5.74) is 4.78. The number of primary amides is 1. The zero-order valence-corrected chi connectivity index (χ0v) is 10.5. The number of nitrogens with two attached hydrogens (primary N) is 1. The van der Waals surface area contributed by atoms with Crippen molar-refractivity contribution >= 4 is 12.1 Å². The summed E-state index contributed by atoms with van der Waals surface area (Å²) in [6.07, 6.45) is 0.511. The van der Waals surface area contributed by atoms with Gasteiger partial charge in [-0.05, 0) is 27.2 Å². The van der Waals surface area contributed by atoms with Gasteiger partial charge in [-0.25, -0.2) is 9.59 Å². The Labute approximate surface area is 101 Å². The van der Waals surface area contributed by atoms with E-state index in [0.717, 1.165) is 6.42 Å². The van der Waals surface area contributed by atoms with Crippen molar-refractivity contribution in [3.8, 4) is 0 Å². The van der Waals surface area contributed by atoms with Crippen molar-refractivity contribution in [2.45, 2.75) is 44.9 Å². The van der Waals surface area contributed by atoms with E-state index in [1.54, 1.807) is 9.80 Å². The summed E-state index contributed by atoms with van der Waals surface area (Å²) < 4.78 is 5.32. The van der Waals surface area contributed by atoms with Crippen LogP contribution in [0.25, 0.3) is 0 Å². The average Bonchev–Trinajstić information content (AvgIpc) is 2.72. The monoisotopic (exact) mass is 241 g/mol. The largest absolute Gasteiger partial charge is 0.444 e. The van der Waals surface area contributed by atoms with E-state index in [1.165, 1.54) is 0 Å². The van der Waals surface area contributed by atoms with Gasteiger partial charge in [0.2, 0.25) is 0 Å². The highest BCUT2D eigenvalue weighted by Gasteiger charge is 2.47. The number of carbonyl (C=O) groups excluding carboxylic acids is 2. The van der Waals surface area contributed by atoms with Crippen LogP contribution in [0, 0.1) is 0 Å². The highest BCUT2D eigenvalue weighted by atomic mass is 16.6. The van der Waals surface area contributed by atoms with Crippen LogP contribution in [0.15, 0.2) is 0 Å². The van der Waals surface area contributed by atoms with E-state index in [2.05, 4.69) is 0 Å². The van der Waals surface area contributed by atoms with Crippen LogP contribution in [-0.2, 0) is 4.74 Å². The van der Waals surface area contributed by atoms with E-state index < -0.39 is 11.6 Å². The van der Waals surface area contributed by atoms with E-state index >= 15 is 0 Å². The number of urea groups is 1. The summed E-state index contributed by atoms with van der Waals surface area (Å²) in [6.45, 7) is 6.58. The van der Waals surface area contributed by atoms with Crippen molar-refractivity contribution in [3.05, 3.63) is 0 Å². The Balaban J connectivity index is 1.96. The fraction of sp³-hybridized carbons (Fsp3) is 0.818. The SMILES string of the molecule is CC(C)(C)OC(=O)N1CC2CC1CN2C(N)=O. The Morgan fingerprint density at radius 3 is 2.12 bits per heavy atom. The van der Waals surface area contributed by atoms with Gasteiger partial charge < -0.3 is 20.3 Å². The number of nitrogens with zero attached hydrogens (tertiary/aromatic N) is 2.